The molecule has 0 amide bonds. The number of aliphatic hydroxyl groups is 1. The number of aryl methyl sites for hydroxylation is 1. The summed E-state index contributed by atoms with van der Waals surface area (Å²) in [7, 11) is 0. The summed E-state index contributed by atoms with van der Waals surface area (Å²) < 4.78 is 0. The van der Waals surface area contributed by atoms with Crippen LogP contribution in [0.25, 0.3) is 0 Å². The Labute approximate surface area is 84.2 Å². The number of benzene rings is 1. The highest BCUT2D eigenvalue weighted by Crippen LogP contribution is 2.26. The van der Waals surface area contributed by atoms with Crippen LogP contribution in [-0.4, -0.2) is 16.8 Å². The van der Waals surface area contributed by atoms with Crippen molar-refractivity contribution in [2.75, 3.05) is 6.61 Å². The smallest absolute Gasteiger partial charge is 0.120 e. The van der Waals surface area contributed by atoms with Gasteiger partial charge in [-0.3, -0.25) is 0 Å². The minimum atomic E-state index is -0.193. The fraction of sp³-hybridized carbons (Fsp3) is 0.455. The highest BCUT2D eigenvalue weighted by atomic mass is 16.3. The maximum Gasteiger partial charge on any atom is 0.120 e. The molecule has 14 heavy (non-hydrogen) atoms. The molecule has 0 saturated heterocycles. The van der Waals surface area contributed by atoms with Crippen molar-refractivity contribution in [3.63, 3.8) is 0 Å². The molecule has 0 fully saturated rings. The van der Waals surface area contributed by atoms with E-state index < -0.39 is 0 Å². The van der Waals surface area contributed by atoms with Crippen LogP contribution in [0.2, 0.25) is 0 Å². The predicted octanol–water partition coefficient (Wildman–Crippen LogP) is 1.47. The van der Waals surface area contributed by atoms with Crippen molar-refractivity contribution >= 4 is 0 Å². The van der Waals surface area contributed by atoms with E-state index >= 15 is 0 Å². The van der Waals surface area contributed by atoms with Gasteiger partial charge in [-0.1, -0.05) is 17.7 Å². The lowest BCUT2D eigenvalue weighted by Gasteiger charge is -2.13. The molecule has 78 valence electrons. The first-order chi connectivity index (χ1) is 6.65. The summed E-state index contributed by atoms with van der Waals surface area (Å²) in [5.74, 6) is 0.237. The summed E-state index contributed by atoms with van der Waals surface area (Å²) in [5.41, 5.74) is 7.72. The number of hydrogen-bond donors (Lipinski definition) is 3. The molecule has 1 aromatic carbocycles. The van der Waals surface area contributed by atoms with Crippen molar-refractivity contribution in [1.82, 2.24) is 0 Å². The van der Waals surface area contributed by atoms with Gasteiger partial charge in [0.2, 0.25) is 0 Å². The minimum absolute atomic E-state index is 0.139. The third-order valence-corrected chi connectivity index (χ3v) is 2.26. The Balaban J connectivity index is 2.77. The van der Waals surface area contributed by atoms with E-state index in [1.165, 1.54) is 0 Å². The van der Waals surface area contributed by atoms with Gasteiger partial charge in [-0.15, -0.1) is 0 Å². The maximum absolute atomic E-state index is 9.56. The van der Waals surface area contributed by atoms with Crippen LogP contribution >= 0.6 is 0 Å². The number of aromatic hydroxyl groups is 1. The van der Waals surface area contributed by atoms with Crippen molar-refractivity contribution in [3.8, 4) is 5.75 Å². The van der Waals surface area contributed by atoms with Crippen LogP contribution in [0.15, 0.2) is 18.2 Å². The lowest BCUT2D eigenvalue weighted by molar-refractivity contribution is 0.279. The SMILES string of the molecule is Cc1ccc(O)c([C@@H](N)CCCO)c1. The van der Waals surface area contributed by atoms with Gasteiger partial charge in [0.15, 0.2) is 0 Å². The normalized spacial score (nSPS) is 12.8. The van der Waals surface area contributed by atoms with E-state index in [4.69, 9.17) is 10.8 Å². The van der Waals surface area contributed by atoms with Crippen molar-refractivity contribution < 1.29 is 10.2 Å². The van der Waals surface area contributed by atoms with Gasteiger partial charge in [-0.05, 0) is 25.8 Å². The van der Waals surface area contributed by atoms with Crippen LogP contribution in [0.3, 0.4) is 0 Å². The van der Waals surface area contributed by atoms with E-state index in [0.29, 0.717) is 12.8 Å². The average molecular weight is 195 g/mol. The third-order valence-electron chi connectivity index (χ3n) is 2.26. The van der Waals surface area contributed by atoms with Crippen LogP contribution in [0.4, 0.5) is 0 Å². The van der Waals surface area contributed by atoms with Crippen molar-refractivity contribution in [2.24, 2.45) is 5.73 Å². The molecule has 1 atom stereocenters. The highest BCUT2D eigenvalue weighted by Gasteiger charge is 2.10. The number of phenolic OH excluding ortho intramolecular Hbond substituents is 1. The molecule has 0 bridgehead atoms. The molecule has 0 aliphatic rings. The second kappa shape index (κ2) is 4.98. The molecule has 0 spiro atoms. The van der Waals surface area contributed by atoms with Gasteiger partial charge < -0.3 is 15.9 Å². The Kier molecular flexibility index (Phi) is 3.92. The summed E-state index contributed by atoms with van der Waals surface area (Å²) in [4.78, 5) is 0. The molecule has 0 aromatic heterocycles. The van der Waals surface area contributed by atoms with E-state index in [1.807, 2.05) is 19.1 Å². The van der Waals surface area contributed by atoms with Crippen LogP contribution < -0.4 is 5.73 Å². The number of hydrogen-bond acceptors (Lipinski definition) is 3. The topological polar surface area (TPSA) is 66.5 Å². The number of phenols is 1. The molecule has 0 radical (unpaired) electrons. The number of aliphatic hydroxyl groups excluding tert-OH is 1. The molecule has 0 aliphatic heterocycles. The molecule has 3 heteroatoms. The van der Waals surface area contributed by atoms with Crippen molar-refractivity contribution in [3.05, 3.63) is 29.3 Å². The summed E-state index contributed by atoms with van der Waals surface area (Å²) in [6, 6.07) is 5.19. The van der Waals surface area contributed by atoms with Crippen LogP contribution in [0, 0.1) is 6.92 Å². The van der Waals surface area contributed by atoms with E-state index in [2.05, 4.69) is 0 Å². The zero-order valence-corrected chi connectivity index (χ0v) is 8.40. The number of nitrogens with two attached hydrogens (primary N) is 1. The van der Waals surface area contributed by atoms with Crippen molar-refractivity contribution in [1.29, 1.82) is 0 Å². The van der Waals surface area contributed by atoms with E-state index in [9.17, 15) is 5.11 Å². The van der Waals surface area contributed by atoms with E-state index in [1.54, 1.807) is 6.07 Å². The zero-order chi connectivity index (χ0) is 10.6. The first-order valence-corrected chi connectivity index (χ1v) is 4.81. The second-order valence-electron chi connectivity index (χ2n) is 3.53. The van der Waals surface area contributed by atoms with Gasteiger partial charge in [0.1, 0.15) is 5.75 Å². The Morgan fingerprint density at radius 1 is 1.43 bits per heavy atom. The van der Waals surface area contributed by atoms with Gasteiger partial charge in [-0.2, -0.15) is 0 Å². The zero-order valence-electron chi connectivity index (χ0n) is 8.40. The Hall–Kier alpha value is -1.06. The molecule has 0 aliphatic carbocycles. The van der Waals surface area contributed by atoms with Crippen LogP contribution in [0.1, 0.15) is 30.0 Å². The van der Waals surface area contributed by atoms with Crippen LogP contribution in [-0.2, 0) is 0 Å². The Morgan fingerprint density at radius 3 is 2.79 bits per heavy atom. The first kappa shape index (κ1) is 11.0. The molecule has 4 N–H and O–H groups in total. The van der Waals surface area contributed by atoms with Gasteiger partial charge in [0.25, 0.3) is 0 Å². The van der Waals surface area contributed by atoms with E-state index in [-0.39, 0.29) is 18.4 Å². The predicted molar refractivity (Wildman–Crippen MR) is 56.1 cm³/mol. The quantitative estimate of drug-likeness (QED) is 0.681. The average Bonchev–Trinajstić information content (AvgIpc) is 2.18. The number of rotatable bonds is 4. The van der Waals surface area contributed by atoms with Crippen molar-refractivity contribution in [2.45, 2.75) is 25.8 Å². The summed E-state index contributed by atoms with van der Waals surface area (Å²) in [6.07, 6.45) is 1.35. The fourth-order valence-corrected chi connectivity index (χ4v) is 1.44. The van der Waals surface area contributed by atoms with Gasteiger partial charge >= 0.3 is 0 Å². The van der Waals surface area contributed by atoms with Gasteiger partial charge in [0, 0.05) is 18.2 Å². The van der Waals surface area contributed by atoms with Gasteiger partial charge in [-0.25, -0.2) is 0 Å². The lowest BCUT2D eigenvalue weighted by Crippen LogP contribution is -2.11. The summed E-state index contributed by atoms with van der Waals surface area (Å²) in [6.45, 7) is 2.10. The molecule has 1 rings (SSSR count). The Morgan fingerprint density at radius 2 is 2.14 bits per heavy atom. The molecule has 1 aromatic rings. The molecule has 0 saturated carbocycles. The third kappa shape index (κ3) is 2.72. The Bertz CT molecular complexity index is 299. The lowest BCUT2D eigenvalue weighted by atomic mass is 10.0. The molecular weight excluding hydrogens is 178 g/mol. The first-order valence-electron chi connectivity index (χ1n) is 4.81. The second-order valence-corrected chi connectivity index (χ2v) is 3.53. The maximum atomic E-state index is 9.56. The highest BCUT2D eigenvalue weighted by molar-refractivity contribution is 5.37. The summed E-state index contributed by atoms with van der Waals surface area (Å²) in [5, 5.41) is 18.2. The molecular formula is C11H17NO2. The molecule has 0 unspecified atom stereocenters. The molecule has 3 nitrogen and oxygen atoms in total. The fourth-order valence-electron chi connectivity index (χ4n) is 1.44. The summed E-state index contributed by atoms with van der Waals surface area (Å²) >= 11 is 0. The molecule has 0 heterocycles. The van der Waals surface area contributed by atoms with Crippen LogP contribution in [0.5, 0.6) is 5.75 Å². The monoisotopic (exact) mass is 195 g/mol. The van der Waals surface area contributed by atoms with E-state index in [0.717, 1.165) is 11.1 Å². The largest absolute Gasteiger partial charge is 0.508 e. The minimum Gasteiger partial charge on any atom is -0.508 e. The van der Waals surface area contributed by atoms with Gasteiger partial charge in [0.05, 0.1) is 0 Å². The standard InChI is InChI=1S/C11H17NO2/c1-8-4-5-11(14)9(7-8)10(12)3-2-6-13/h4-5,7,10,13-14H,2-3,6,12H2,1H3/t10-/m0/s1.